The summed E-state index contributed by atoms with van der Waals surface area (Å²) < 4.78 is 5.48. The Balaban J connectivity index is 1.61. The van der Waals surface area contributed by atoms with Gasteiger partial charge in [-0.15, -0.1) is 0 Å². The number of nitrogens with zero attached hydrogens (tertiary/aromatic N) is 1. The molecule has 20 heavy (non-hydrogen) atoms. The Kier molecular flexibility index (Phi) is 4.71. The van der Waals surface area contributed by atoms with Crippen molar-refractivity contribution in [2.24, 2.45) is 5.92 Å². The van der Waals surface area contributed by atoms with E-state index in [4.69, 9.17) is 4.74 Å². The molecule has 0 bridgehead atoms. The third-order valence-electron chi connectivity index (χ3n) is 4.74. The van der Waals surface area contributed by atoms with E-state index in [1.165, 1.54) is 24.9 Å². The van der Waals surface area contributed by atoms with Gasteiger partial charge in [0.05, 0.1) is 0 Å². The van der Waals surface area contributed by atoms with E-state index < -0.39 is 0 Å². The molecule has 2 fully saturated rings. The molecule has 0 spiro atoms. The Hall–Kier alpha value is -0.900. The van der Waals surface area contributed by atoms with Crippen LogP contribution in [0.2, 0.25) is 0 Å². The van der Waals surface area contributed by atoms with Gasteiger partial charge < -0.3 is 10.1 Å². The number of hydrogen-bond donors (Lipinski definition) is 1. The lowest BCUT2D eigenvalue weighted by Gasteiger charge is -2.41. The molecular weight excluding hydrogens is 248 g/mol. The molecular formula is C17H26N2O. The predicted molar refractivity (Wildman–Crippen MR) is 81.8 cm³/mol. The van der Waals surface area contributed by atoms with Crippen LogP contribution in [0.3, 0.4) is 0 Å². The van der Waals surface area contributed by atoms with Gasteiger partial charge in [0.2, 0.25) is 0 Å². The molecule has 2 atom stereocenters. The molecule has 2 heterocycles. The van der Waals surface area contributed by atoms with Gasteiger partial charge in [-0.05, 0) is 31.2 Å². The largest absolute Gasteiger partial charge is 0.381 e. The van der Waals surface area contributed by atoms with Crippen LogP contribution in [0.15, 0.2) is 30.3 Å². The van der Waals surface area contributed by atoms with E-state index in [0.717, 1.165) is 32.2 Å². The van der Waals surface area contributed by atoms with E-state index in [9.17, 15) is 0 Å². The quantitative estimate of drug-likeness (QED) is 0.916. The highest BCUT2D eigenvalue weighted by molar-refractivity contribution is 5.20. The van der Waals surface area contributed by atoms with Gasteiger partial charge in [0.1, 0.15) is 0 Å². The van der Waals surface area contributed by atoms with E-state index in [0.29, 0.717) is 12.1 Å². The minimum absolute atomic E-state index is 0.479. The maximum absolute atomic E-state index is 5.48. The molecule has 0 saturated carbocycles. The summed E-state index contributed by atoms with van der Waals surface area (Å²) in [6, 6.07) is 12.0. The van der Waals surface area contributed by atoms with Crippen LogP contribution in [0.25, 0.3) is 0 Å². The van der Waals surface area contributed by atoms with Gasteiger partial charge in [-0.25, -0.2) is 0 Å². The summed E-state index contributed by atoms with van der Waals surface area (Å²) in [6.45, 7) is 7.69. The van der Waals surface area contributed by atoms with Crippen molar-refractivity contribution < 1.29 is 4.74 Å². The van der Waals surface area contributed by atoms with Gasteiger partial charge >= 0.3 is 0 Å². The number of hydrogen-bond acceptors (Lipinski definition) is 3. The first kappa shape index (κ1) is 14.1. The fraction of sp³-hybridized carbons (Fsp3) is 0.647. The summed E-state index contributed by atoms with van der Waals surface area (Å²) in [5, 5.41) is 3.69. The van der Waals surface area contributed by atoms with Gasteiger partial charge in [0.15, 0.2) is 0 Å². The van der Waals surface area contributed by atoms with E-state index in [2.05, 4.69) is 47.5 Å². The van der Waals surface area contributed by atoms with Crippen molar-refractivity contribution in [3.8, 4) is 0 Å². The summed E-state index contributed by atoms with van der Waals surface area (Å²) >= 11 is 0. The SMILES string of the molecule is CC1CNC(c2ccccc2)CN1CC1CCOCC1. The van der Waals surface area contributed by atoms with Crippen molar-refractivity contribution >= 4 is 0 Å². The summed E-state index contributed by atoms with van der Waals surface area (Å²) in [7, 11) is 0. The molecule has 0 aliphatic carbocycles. The first-order valence-electron chi connectivity index (χ1n) is 7.93. The monoisotopic (exact) mass is 274 g/mol. The van der Waals surface area contributed by atoms with Crippen LogP contribution in [0.4, 0.5) is 0 Å². The third kappa shape index (κ3) is 3.40. The smallest absolute Gasteiger partial charge is 0.0469 e. The Bertz CT molecular complexity index is 403. The molecule has 1 aromatic rings. The molecule has 2 aliphatic heterocycles. The van der Waals surface area contributed by atoms with Gasteiger partial charge in [-0.3, -0.25) is 4.90 Å². The molecule has 0 amide bonds. The topological polar surface area (TPSA) is 24.5 Å². The highest BCUT2D eigenvalue weighted by Crippen LogP contribution is 2.23. The lowest BCUT2D eigenvalue weighted by molar-refractivity contribution is 0.0380. The van der Waals surface area contributed by atoms with Crippen LogP contribution in [0.1, 0.15) is 31.4 Å². The first-order chi connectivity index (χ1) is 9.83. The molecule has 1 N–H and O–H groups in total. The predicted octanol–water partition coefficient (Wildman–Crippen LogP) is 2.45. The molecule has 2 saturated heterocycles. The zero-order valence-electron chi connectivity index (χ0n) is 12.4. The Morgan fingerprint density at radius 1 is 1.20 bits per heavy atom. The van der Waals surface area contributed by atoms with E-state index >= 15 is 0 Å². The molecule has 3 nitrogen and oxygen atoms in total. The minimum Gasteiger partial charge on any atom is -0.381 e. The zero-order valence-corrected chi connectivity index (χ0v) is 12.4. The maximum atomic E-state index is 5.48. The van der Waals surface area contributed by atoms with Crippen LogP contribution in [0, 0.1) is 5.92 Å². The van der Waals surface area contributed by atoms with Crippen LogP contribution in [0.5, 0.6) is 0 Å². The number of rotatable bonds is 3. The zero-order chi connectivity index (χ0) is 13.8. The number of nitrogens with one attached hydrogen (secondary N) is 1. The average Bonchev–Trinajstić information content (AvgIpc) is 2.51. The van der Waals surface area contributed by atoms with Crippen molar-refractivity contribution in [3.63, 3.8) is 0 Å². The summed E-state index contributed by atoms with van der Waals surface area (Å²) in [4.78, 5) is 2.67. The second-order valence-electron chi connectivity index (χ2n) is 6.23. The van der Waals surface area contributed by atoms with E-state index in [-0.39, 0.29) is 0 Å². The summed E-state index contributed by atoms with van der Waals surface area (Å²) in [5.41, 5.74) is 1.41. The van der Waals surface area contributed by atoms with Crippen molar-refractivity contribution in [2.75, 3.05) is 32.8 Å². The fourth-order valence-corrected chi connectivity index (χ4v) is 3.34. The summed E-state index contributed by atoms with van der Waals surface area (Å²) in [5.74, 6) is 0.820. The van der Waals surface area contributed by atoms with E-state index in [1.54, 1.807) is 0 Å². The van der Waals surface area contributed by atoms with Gasteiger partial charge in [-0.2, -0.15) is 0 Å². The fourth-order valence-electron chi connectivity index (χ4n) is 3.34. The van der Waals surface area contributed by atoms with Crippen LogP contribution in [-0.2, 0) is 4.74 Å². The van der Waals surface area contributed by atoms with Crippen molar-refractivity contribution in [2.45, 2.75) is 31.8 Å². The van der Waals surface area contributed by atoms with Crippen molar-refractivity contribution in [3.05, 3.63) is 35.9 Å². The maximum Gasteiger partial charge on any atom is 0.0469 e. The van der Waals surface area contributed by atoms with Crippen LogP contribution < -0.4 is 5.32 Å². The second kappa shape index (κ2) is 6.70. The third-order valence-corrected chi connectivity index (χ3v) is 4.74. The molecule has 2 aliphatic rings. The highest BCUT2D eigenvalue weighted by atomic mass is 16.5. The molecule has 3 rings (SSSR count). The van der Waals surface area contributed by atoms with Gasteiger partial charge in [0.25, 0.3) is 0 Å². The Morgan fingerprint density at radius 2 is 1.95 bits per heavy atom. The van der Waals surface area contributed by atoms with Crippen molar-refractivity contribution in [1.82, 2.24) is 10.2 Å². The second-order valence-corrected chi connectivity index (χ2v) is 6.23. The van der Waals surface area contributed by atoms with Gasteiger partial charge in [0, 0.05) is 44.9 Å². The molecule has 0 aromatic heterocycles. The average molecular weight is 274 g/mol. The van der Waals surface area contributed by atoms with Crippen LogP contribution in [-0.4, -0.2) is 43.8 Å². The van der Waals surface area contributed by atoms with Crippen LogP contribution >= 0.6 is 0 Å². The number of ether oxygens (including phenoxy) is 1. The first-order valence-corrected chi connectivity index (χ1v) is 7.93. The van der Waals surface area contributed by atoms with Crippen molar-refractivity contribution in [1.29, 1.82) is 0 Å². The molecule has 1 aromatic carbocycles. The van der Waals surface area contributed by atoms with Gasteiger partial charge in [-0.1, -0.05) is 30.3 Å². The molecule has 0 radical (unpaired) electrons. The minimum atomic E-state index is 0.479. The standard InChI is InChI=1S/C17H26N2O/c1-14-11-18-17(16-5-3-2-4-6-16)13-19(14)12-15-7-9-20-10-8-15/h2-6,14-15,17-18H,7-13H2,1H3. The Labute approximate surface area is 122 Å². The normalized spacial score (nSPS) is 29.4. The molecule has 2 unspecified atom stereocenters. The molecule has 3 heteroatoms. The lowest BCUT2D eigenvalue weighted by atomic mass is 9.96. The lowest BCUT2D eigenvalue weighted by Crippen LogP contribution is -2.52. The highest BCUT2D eigenvalue weighted by Gasteiger charge is 2.28. The number of piperazine rings is 1. The summed E-state index contributed by atoms with van der Waals surface area (Å²) in [6.07, 6.45) is 2.46. The number of benzene rings is 1. The Morgan fingerprint density at radius 3 is 2.70 bits per heavy atom. The molecule has 110 valence electrons. The van der Waals surface area contributed by atoms with E-state index in [1.807, 2.05) is 0 Å².